The number of carbonyl (C=O) groups excluding carboxylic acids is 5. The normalized spacial score (nSPS) is 13.6. The van der Waals surface area contributed by atoms with Gasteiger partial charge in [0.25, 0.3) is 0 Å². The van der Waals surface area contributed by atoms with Crippen molar-refractivity contribution < 1.29 is 38.6 Å². The molecule has 65 heavy (non-hydrogen) atoms. The third-order valence-corrected chi connectivity index (χ3v) is 14.0. The van der Waals surface area contributed by atoms with Crippen molar-refractivity contribution in [1.82, 2.24) is 0 Å². The van der Waals surface area contributed by atoms with Crippen molar-refractivity contribution in [2.75, 3.05) is 0 Å². The number of aryl methyl sites for hydroxylation is 6. The Balaban J connectivity index is 0.000000288. The molecule has 0 aliphatic heterocycles. The van der Waals surface area contributed by atoms with E-state index in [9.17, 15) is 33.9 Å². The largest absolute Gasteiger partial charge is 0.481 e. The van der Waals surface area contributed by atoms with Crippen molar-refractivity contribution >= 4 is 58.2 Å². The fourth-order valence-electron chi connectivity index (χ4n) is 8.25. The Hall–Kier alpha value is -5.34. The SMILES string of the molecule is CC(C)C[C@H](CCc1ccc(CCc2cc(C(N)=O)c(CC(N)=O)s2)cc1)C(=O)O.CC(C)C[C@H](CCc1ccc(CCc2cc(C(N)=O)c(CC(N)=O)s2)cc1)C(=O)OC1CCCC1. The van der Waals surface area contributed by atoms with Crippen molar-refractivity contribution in [1.29, 1.82) is 0 Å². The van der Waals surface area contributed by atoms with Crippen LogP contribution in [0.4, 0.5) is 0 Å². The second-order valence-corrected chi connectivity index (χ2v) is 20.6. The van der Waals surface area contributed by atoms with Crippen molar-refractivity contribution in [3.05, 3.63) is 114 Å². The van der Waals surface area contributed by atoms with E-state index in [1.54, 1.807) is 12.1 Å². The van der Waals surface area contributed by atoms with E-state index in [1.165, 1.54) is 33.8 Å². The number of esters is 1. The number of carbonyl (C=O) groups is 6. The van der Waals surface area contributed by atoms with Gasteiger partial charge in [-0.1, -0.05) is 76.2 Å². The zero-order valence-corrected chi connectivity index (χ0v) is 40.0. The Labute approximate surface area is 391 Å². The summed E-state index contributed by atoms with van der Waals surface area (Å²) in [5.74, 6) is -2.32. The Morgan fingerprint density at radius 3 is 1.31 bits per heavy atom. The van der Waals surface area contributed by atoms with E-state index in [4.69, 9.17) is 27.7 Å². The first-order valence-corrected chi connectivity index (χ1v) is 24.5. The van der Waals surface area contributed by atoms with Crippen LogP contribution in [0.5, 0.6) is 0 Å². The molecule has 352 valence electrons. The van der Waals surface area contributed by atoms with Gasteiger partial charge in [-0.3, -0.25) is 28.8 Å². The molecule has 12 nitrogen and oxygen atoms in total. The molecule has 0 saturated heterocycles. The van der Waals surface area contributed by atoms with Crippen molar-refractivity contribution in [3.63, 3.8) is 0 Å². The first-order chi connectivity index (χ1) is 30.9. The Morgan fingerprint density at radius 2 is 0.954 bits per heavy atom. The third kappa shape index (κ3) is 18.2. The maximum atomic E-state index is 12.8. The van der Waals surface area contributed by atoms with Crippen LogP contribution in [-0.2, 0) is 75.3 Å². The van der Waals surface area contributed by atoms with Crippen LogP contribution < -0.4 is 22.9 Å². The van der Waals surface area contributed by atoms with E-state index in [-0.39, 0.29) is 36.8 Å². The predicted molar refractivity (Wildman–Crippen MR) is 258 cm³/mol. The molecule has 1 saturated carbocycles. The second-order valence-electron chi connectivity index (χ2n) is 18.2. The monoisotopic (exact) mass is 928 g/mol. The molecule has 2 aromatic carbocycles. The van der Waals surface area contributed by atoms with Crippen LogP contribution in [0, 0.1) is 23.7 Å². The molecule has 0 radical (unpaired) electrons. The van der Waals surface area contributed by atoms with Gasteiger partial charge < -0.3 is 32.8 Å². The lowest BCUT2D eigenvalue weighted by Crippen LogP contribution is -2.24. The second kappa shape index (κ2) is 26.0. The van der Waals surface area contributed by atoms with Crippen molar-refractivity contribution in [2.24, 2.45) is 46.6 Å². The highest BCUT2D eigenvalue weighted by Gasteiger charge is 2.26. The number of carboxylic acid groups (broad SMARTS) is 1. The number of benzene rings is 2. The quantitative estimate of drug-likeness (QED) is 0.0407. The van der Waals surface area contributed by atoms with Gasteiger partial charge in [0.1, 0.15) is 6.10 Å². The summed E-state index contributed by atoms with van der Waals surface area (Å²) < 4.78 is 5.81. The number of nitrogens with two attached hydrogens (primary N) is 4. The minimum atomic E-state index is -0.720. The van der Waals surface area contributed by atoms with Gasteiger partial charge in [0, 0.05) is 19.5 Å². The van der Waals surface area contributed by atoms with Gasteiger partial charge in [0.2, 0.25) is 23.6 Å². The number of primary amides is 4. The van der Waals surface area contributed by atoms with E-state index in [2.05, 4.69) is 50.2 Å². The zero-order valence-electron chi connectivity index (χ0n) is 38.4. The molecule has 2 atom stereocenters. The molecule has 4 aromatic rings. The number of ether oxygens (including phenoxy) is 1. The molecule has 0 spiro atoms. The topological polar surface area (TPSA) is 236 Å². The van der Waals surface area contributed by atoms with Crippen LogP contribution in [-0.4, -0.2) is 46.8 Å². The Kier molecular flexibility index (Phi) is 20.9. The molecule has 0 bridgehead atoms. The highest BCUT2D eigenvalue weighted by molar-refractivity contribution is 7.12. The number of carboxylic acids is 1. The maximum absolute atomic E-state index is 12.8. The number of hydrogen-bond acceptors (Lipinski definition) is 9. The number of aliphatic carboxylic acids is 1. The molecular weight excluding hydrogens is 861 g/mol. The highest BCUT2D eigenvalue weighted by atomic mass is 32.1. The van der Waals surface area contributed by atoms with Gasteiger partial charge in [-0.2, -0.15) is 0 Å². The van der Waals surface area contributed by atoms with Gasteiger partial charge in [0.15, 0.2) is 0 Å². The van der Waals surface area contributed by atoms with Crippen LogP contribution >= 0.6 is 22.7 Å². The lowest BCUT2D eigenvalue weighted by molar-refractivity contribution is -0.154. The van der Waals surface area contributed by atoms with Gasteiger partial charge in [-0.15, -0.1) is 22.7 Å². The fraction of sp³-hybridized carbons (Fsp3) is 0.490. The first kappa shape index (κ1) is 52.3. The molecule has 1 aliphatic rings. The Morgan fingerprint density at radius 1 is 0.585 bits per heavy atom. The zero-order chi connectivity index (χ0) is 47.6. The third-order valence-electron chi connectivity index (χ3n) is 11.6. The van der Waals surface area contributed by atoms with Gasteiger partial charge in [-0.25, -0.2) is 0 Å². The van der Waals surface area contributed by atoms with Crippen molar-refractivity contribution in [2.45, 2.75) is 137 Å². The molecule has 5 rings (SSSR count). The summed E-state index contributed by atoms with van der Waals surface area (Å²) in [5, 5.41) is 9.37. The molecule has 1 aliphatic carbocycles. The van der Waals surface area contributed by atoms with E-state index in [0.29, 0.717) is 45.6 Å². The van der Waals surface area contributed by atoms with Crippen LogP contribution in [0.1, 0.15) is 142 Å². The summed E-state index contributed by atoms with van der Waals surface area (Å²) >= 11 is 2.82. The smallest absolute Gasteiger partial charge is 0.309 e. The van der Waals surface area contributed by atoms with Crippen LogP contribution in [0.2, 0.25) is 0 Å². The van der Waals surface area contributed by atoms with Gasteiger partial charge >= 0.3 is 11.9 Å². The average Bonchev–Trinajstić information content (AvgIpc) is 4.00. The first-order valence-electron chi connectivity index (χ1n) is 22.8. The molecular formula is C51H68N4O8S2. The molecule has 14 heteroatoms. The summed E-state index contributed by atoms with van der Waals surface area (Å²) in [6.45, 7) is 8.39. The van der Waals surface area contributed by atoms with Gasteiger partial charge in [-0.05, 0) is 136 Å². The molecule has 1 fully saturated rings. The fourth-order valence-corrected chi connectivity index (χ4v) is 10.6. The summed E-state index contributed by atoms with van der Waals surface area (Å²) in [5.41, 5.74) is 26.8. The minimum absolute atomic E-state index is 0.0196. The highest BCUT2D eigenvalue weighted by Crippen LogP contribution is 2.28. The van der Waals surface area contributed by atoms with E-state index < -0.39 is 29.6 Å². The summed E-state index contributed by atoms with van der Waals surface area (Å²) in [6, 6.07) is 20.2. The standard InChI is InChI=1S/C28H38N2O4S.C23H30N2O4S/c1-18(2)15-21(28(33)34-22-5-3-4-6-22)13-11-19-7-9-20(10-8-19)12-14-23-16-24(27(30)32)25(35-23)17-26(29)31;1-14(2)11-17(23(28)29)9-7-15-3-5-16(6-4-15)8-10-18-12-19(22(25)27)20(30-18)13-21(24)26/h7-10,16,18,21-22H,3-6,11-15,17H2,1-2H3,(H2,29,31)(H2,30,32);3-6,12,14,17H,7-11,13H2,1-2H3,(H2,24,26)(H2,25,27)(H,28,29)/t21-;17-/m00/s1. The number of rotatable bonds is 25. The predicted octanol–water partition coefficient (Wildman–Crippen LogP) is 8.08. The van der Waals surface area contributed by atoms with Crippen LogP contribution in [0.3, 0.4) is 0 Å². The van der Waals surface area contributed by atoms with Crippen LogP contribution in [0.15, 0.2) is 60.7 Å². The van der Waals surface area contributed by atoms with Crippen molar-refractivity contribution in [3.8, 4) is 0 Å². The number of amides is 4. The Bertz CT molecular complexity index is 2200. The molecule has 0 unspecified atom stereocenters. The molecule has 9 N–H and O–H groups in total. The summed E-state index contributed by atoms with van der Waals surface area (Å²) in [4.78, 5) is 73.2. The summed E-state index contributed by atoms with van der Waals surface area (Å²) in [6.07, 6.45) is 12.2. The van der Waals surface area contributed by atoms with E-state index in [0.717, 1.165) is 97.9 Å². The van der Waals surface area contributed by atoms with E-state index >= 15 is 0 Å². The summed E-state index contributed by atoms with van der Waals surface area (Å²) in [7, 11) is 0. The number of hydrogen-bond donors (Lipinski definition) is 5. The number of thiophene rings is 2. The average molecular weight is 929 g/mol. The lowest BCUT2D eigenvalue weighted by Gasteiger charge is -2.20. The molecule has 4 amide bonds. The minimum Gasteiger partial charge on any atom is -0.481 e. The van der Waals surface area contributed by atoms with Crippen LogP contribution in [0.25, 0.3) is 0 Å². The maximum Gasteiger partial charge on any atom is 0.309 e. The van der Waals surface area contributed by atoms with Gasteiger partial charge in [0.05, 0.1) is 35.8 Å². The van der Waals surface area contributed by atoms with E-state index in [1.807, 2.05) is 26.0 Å². The molecule has 2 aromatic heterocycles. The lowest BCUT2D eigenvalue weighted by atomic mass is 9.91. The molecule has 2 heterocycles.